The second-order valence-electron chi connectivity index (χ2n) is 9.28. The fourth-order valence-electron chi connectivity index (χ4n) is 4.47. The molecule has 4 rings (SSSR count). The predicted octanol–water partition coefficient (Wildman–Crippen LogP) is 4.54. The molecule has 2 atom stereocenters. The largest absolute Gasteiger partial charge is 0.352 e. The maximum absolute atomic E-state index is 13.3. The van der Waals surface area contributed by atoms with Gasteiger partial charge in [-0.05, 0) is 36.3 Å². The number of carbonyl (C=O) groups is 3. The zero-order chi connectivity index (χ0) is 26.4. The molecule has 1 saturated heterocycles. The quantitative estimate of drug-likeness (QED) is 0.263. The number of amides is 4. The molecule has 2 aromatic rings. The molecule has 37 heavy (non-hydrogen) atoms. The number of carbonyl (C=O) groups excluding carboxylic acids is 3. The lowest BCUT2D eigenvalue weighted by Gasteiger charge is -2.41. The summed E-state index contributed by atoms with van der Waals surface area (Å²) < 4.78 is 0. The van der Waals surface area contributed by atoms with E-state index in [-0.39, 0.29) is 42.7 Å². The third-order valence-corrected chi connectivity index (χ3v) is 7.62. The minimum atomic E-state index is -0.464. The zero-order valence-electron chi connectivity index (χ0n) is 20.7. The summed E-state index contributed by atoms with van der Waals surface area (Å²) in [6, 6.07) is 13.5. The van der Waals surface area contributed by atoms with Gasteiger partial charge in [-0.3, -0.25) is 24.6 Å². The van der Waals surface area contributed by atoms with Gasteiger partial charge in [0.2, 0.25) is 11.8 Å². The lowest BCUT2D eigenvalue weighted by atomic mass is 10.1. The number of benzene rings is 2. The second-order valence-corrected chi connectivity index (χ2v) is 10.3. The molecular weight excluding hydrogens is 492 g/mol. The van der Waals surface area contributed by atoms with Crippen molar-refractivity contribution in [2.75, 3.05) is 6.54 Å². The smallest absolute Gasteiger partial charge is 0.327 e. The number of urea groups is 1. The number of hydrogen-bond donors (Lipinski definition) is 1. The Morgan fingerprint density at radius 3 is 2.62 bits per heavy atom. The highest BCUT2D eigenvalue weighted by Crippen LogP contribution is 2.35. The second kappa shape index (κ2) is 12.1. The van der Waals surface area contributed by atoms with Crippen LogP contribution in [0.25, 0.3) is 0 Å². The van der Waals surface area contributed by atoms with Crippen LogP contribution >= 0.6 is 11.8 Å². The first-order chi connectivity index (χ1) is 17.8. The Labute approximate surface area is 220 Å². The summed E-state index contributed by atoms with van der Waals surface area (Å²) in [5.41, 5.74) is 2.82. The van der Waals surface area contributed by atoms with Crippen LogP contribution in [0.2, 0.25) is 0 Å². The van der Waals surface area contributed by atoms with Crippen molar-refractivity contribution in [3.8, 4) is 0 Å². The molecule has 2 aromatic carbocycles. The number of nitro benzene ring substituents is 1. The molecule has 2 aliphatic rings. The van der Waals surface area contributed by atoms with Crippen LogP contribution in [0.4, 0.5) is 10.5 Å². The third kappa shape index (κ3) is 6.56. The summed E-state index contributed by atoms with van der Waals surface area (Å²) in [5.74, 6) is -0.235. The SMILES string of the molecule is Cc1ccc(CNC(=O)CCCCCN2C(=O)C3SC=CC3N(Cc3cccc([N+](=O)[O-])c3)C2=O)cc1. The van der Waals surface area contributed by atoms with Gasteiger partial charge in [0, 0.05) is 38.2 Å². The number of nitrogens with zero attached hydrogens (tertiary/aromatic N) is 3. The molecule has 4 amide bonds. The first-order valence-electron chi connectivity index (χ1n) is 12.3. The fraction of sp³-hybridized carbons (Fsp3) is 0.370. The molecule has 0 aromatic heterocycles. The topological polar surface area (TPSA) is 113 Å². The lowest BCUT2D eigenvalue weighted by Crippen LogP contribution is -2.61. The summed E-state index contributed by atoms with van der Waals surface area (Å²) in [6.07, 6.45) is 4.20. The summed E-state index contributed by atoms with van der Waals surface area (Å²) in [6.45, 7) is 2.96. The zero-order valence-corrected chi connectivity index (χ0v) is 21.5. The van der Waals surface area contributed by atoms with Crippen molar-refractivity contribution in [3.63, 3.8) is 0 Å². The molecule has 0 spiro atoms. The number of hydrogen-bond acceptors (Lipinski definition) is 6. The van der Waals surface area contributed by atoms with Crippen LogP contribution in [0.5, 0.6) is 0 Å². The predicted molar refractivity (Wildman–Crippen MR) is 142 cm³/mol. The third-order valence-electron chi connectivity index (χ3n) is 6.53. The summed E-state index contributed by atoms with van der Waals surface area (Å²) >= 11 is 1.39. The van der Waals surface area contributed by atoms with Crippen molar-refractivity contribution in [1.29, 1.82) is 0 Å². The van der Waals surface area contributed by atoms with E-state index in [0.717, 1.165) is 5.56 Å². The normalized spacial score (nSPS) is 18.7. The first kappa shape index (κ1) is 26.4. The van der Waals surface area contributed by atoms with Crippen LogP contribution in [0.15, 0.2) is 60.0 Å². The van der Waals surface area contributed by atoms with E-state index >= 15 is 0 Å². The molecule has 194 valence electrons. The van der Waals surface area contributed by atoms with Crippen LogP contribution in [0, 0.1) is 17.0 Å². The average molecular weight is 523 g/mol. The maximum atomic E-state index is 13.3. The summed E-state index contributed by atoms with van der Waals surface area (Å²) in [7, 11) is 0. The van der Waals surface area contributed by atoms with Gasteiger partial charge in [-0.2, -0.15) is 0 Å². The van der Waals surface area contributed by atoms with Crippen LogP contribution in [0.3, 0.4) is 0 Å². The van der Waals surface area contributed by atoms with Crippen LogP contribution in [-0.4, -0.2) is 50.4 Å². The minimum absolute atomic E-state index is 0.0231. The molecule has 0 radical (unpaired) electrons. The van der Waals surface area contributed by atoms with Gasteiger partial charge in [-0.15, -0.1) is 11.8 Å². The van der Waals surface area contributed by atoms with Crippen LogP contribution < -0.4 is 5.32 Å². The number of rotatable bonds is 11. The van der Waals surface area contributed by atoms with E-state index in [1.165, 1.54) is 34.4 Å². The average Bonchev–Trinajstić information content (AvgIpc) is 3.38. The molecule has 9 nitrogen and oxygen atoms in total. The highest BCUT2D eigenvalue weighted by atomic mass is 32.2. The Morgan fingerprint density at radius 1 is 1.08 bits per heavy atom. The van der Waals surface area contributed by atoms with E-state index in [0.29, 0.717) is 37.8 Å². The molecule has 0 saturated carbocycles. The van der Waals surface area contributed by atoms with Crippen LogP contribution in [-0.2, 0) is 22.7 Å². The van der Waals surface area contributed by atoms with E-state index in [1.807, 2.05) is 42.7 Å². The molecule has 0 aliphatic carbocycles. The number of nitro groups is 1. The number of nitrogens with one attached hydrogen (secondary N) is 1. The molecule has 2 aliphatic heterocycles. The number of fused-ring (bicyclic) bond motifs is 1. The van der Waals surface area contributed by atoms with Crippen molar-refractivity contribution in [3.05, 3.63) is 86.8 Å². The Morgan fingerprint density at radius 2 is 1.86 bits per heavy atom. The van der Waals surface area contributed by atoms with E-state index in [9.17, 15) is 24.5 Å². The van der Waals surface area contributed by atoms with Gasteiger partial charge in [0.1, 0.15) is 5.25 Å². The first-order valence-corrected chi connectivity index (χ1v) is 13.3. The van der Waals surface area contributed by atoms with E-state index < -0.39 is 10.2 Å². The van der Waals surface area contributed by atoms with Crippen molar-refractivity contribution in [2.24, 2.45) is 0 Å². The van der Waals surface area contributed by atoms with E-state index in [4.69, 9.17) is 0 Å². The minimum Gasteiger partial charge on any atom is -0.352 e. The molecule has 0 bridgehead atoms. The number of unbranched alkanes of at least 4 members (excludes halogenated alkanes) is 2. The molecule has 1 fully saturated rings. The van der Waals surface area contributed by atoms with Crippen LogP contribution in [0.1, 0.15) is 42.4 Å². The Kier molecular flexibility index (Phi) is 8.60. The number of non-ortho nitro benzene ring substituents is 1. The lowest BCUT2D eigenvalue weighted by molar-refractivity contribution is -0.384. The van der Waals surface area contributed by atoms with Crippen molar-refractivity contribution >= 4 is 35.3 Å². The molecule has 1 N–H and O–H groups in total. The van der Waals surface area contributed by atoms with E-state index in [2.05, 4.69) is 5.32 Å². The molecule has 10 heteroatoms. The van der Waals surface area contributed by atoms with Crippen molar-refractivity contribution < 1.29 is 19.3 Å². The molecule has 2 heterocycles. The van der Waals surface area contributed by atoms with E-state index in [1.54, 1.807) is 17.0 Å². The van der Waals surface area contributed by atoms with Gasteiger partial charge in [-0.25, -0.2) is 4.79 Å². The van der Waals surface area contributed by atoms with Gasteiger partial charge in [0.05, 0.1) is 11.0 Å². The van der Waals surface area contributed by atoms with Crippen molar-refractivity contribution in [2.45, 2.75) is 57.0 Å². The highest BCUT2D eigenvalue weighted by Gasteiger charge is 2.46. The monoisotopic (exact) mass is 522 g/mol. The fourth-order valence-corrected chi connectivity index (χ4v) is 5.53. The summed E-state index contributed by atoms with van der Waals surface area (Å²) in [4.78, 5) is 52.1. The Balaban J connectivity index is 1.27. The number of imide groups is 1. The Bertz CT molecular complexity index is 1200. The number of thioether (sulfide) groups is 1. The van der Waals surface area contributed by atoms with Gasteiger partial charge >= 0.3 is 6.03 Å². The van der Waals surface area contributed by atoms with Gasteiger partial charge in [0.15, 0.2) is 0 Å². The Hall–Kier alpha value is -3.66. The molecule has 2 unspecified atom stereocenters. The van der Waals surface area contributed by atoms with Gasteiger partial charge < -0.3 is 10.2 Å². The maximum Gasteiger partial charge on any atom is 0.327 e. The number of aryl methyl sites for hydroxylation is 1. The standard InChI is InChI=1S/C27H30N4O5S/c1-19-9-11-20(12-10-19)17-28-24(32)8-3-2-4-14-29-26(33)25-23(13-15-37-25)30(27(29)34)18-21-6-5-7-22(16-21)31(35)36/h5-7,9-13,15-16,23,25H,2-4,8,14,17-18H2,1H3,(H,28,32). The highest BCUT2D eigenvalue weighted by molar-refractivity contribution is 8.03. The van der Waals surface area contributed by atoms with Gasteiger partial charge in [-0.1, -0.05) is 54.5 Å². The molecular formula is C27H30N4O5S. The van der Waals surface area contributed by atoms with Gasteiger partial charge in [0.25, 0.3) is 5.69 Å². The van der Waals surface area contributed by atoms with Crippen molar-refractivity contribution in [1.82, 2.24) is 15.1 Å². The summed E-state index contributed by atoms with van der Waals surface area (Å²) in [5, 5.41) is 15.5.